The van der Waals surface area contributed by atoms with Crippen LogP contribution in [0.4, 0.5) is 0 Å². The molecule has 20 heavy (non-hydrogen) atoms. The number of hydrogen-bond donors (Lipinski definition) is 5. The van der Waals surface area contributed by atoms with Crippen LogP contribution in [0.5, 0.6) is 0 Å². The highest BCUT2D eigenvalue weighted by Gasteiger charge is 2.38. The average molecular weight is 320 g/mol. The largest absolute Gasteiger partial charge is 0.324 e. The van der Waals surface area contributed by atoms with Crippen LogP contribution in [0.2, 0.25) is 0 Å². The fraction of sp³-hybridized carbons (Fsp3) is 0.222. The molecule has 0 bridgehead atoms. The van der Waals surface area contributed by atoms with Gasteiger partial charge in [-0.15, -0.1) is 0 Å². The summed E-state index contributed by atoms with van der Waals surface area (Å²) in [6.07, 6.45) is -0.333. The zero-order chi connectivity index (χ0) is 15.6. The van der Waals surface area contributed by atoms with Gasteiger partial charge in [0, 0.05) is 12.5 Å². The van der Waals surface area contributed by atoms with Crippen LogP contribution in [0.1, 0.15) is 18.0 Å². The Bertz CT molecular complexity index is 546. The van der Waals surface area contributed by atoms with Gasteiger partial charge in [0.15, 0.2) is 0 Å². The molecule has 0 aliphatic heterocycles. The van der Waals surface area contributed by atoms with E-state index in [0.717, 1.165) is 0 Å². The lowest BCUT2D eigenvalue weighted by Crippen LogP contribution is -2.38. The molecule has 1 aromatic rings. The lowest BCUT2D eigenvalue weighted by Gasteiger charge is -2.28. The van der Waals surface area contributed by atoms with Gasteiger partial charge >= 0.3 is 15.2 Å². The summed E-state index contributed by atoms with van der Waals surface area (Å²) in [4.78, 5) is 12.0. The maximum atomic E-state index is 12.0. The molecule has 0 aliphatic rings. The Morgan fingerprint density at radius 2 is 1.50 bits per heavy atom. The predicted molar refractivity (Wildman–Crippen MR) is 76.8 cm³/mol. The van der Waals surface area contributed by atoms with E-state index < -0.39 is 27.1 Å². The Balaban J connectivity index is 2.94. The van der Waals surface area contributed by atoms with E-state index in [9.17, 15) is 13.9 Å². The van der Waals surface area contributed by atoms with Crippen molar-refractivity contribution in [1.29, 1.82) is 0 Å². The number of amides is 1. The molecule has 0 radical (unpaired) electrons. The molecule has 112 valence electrons. The van der Waals surface area contributed by atoms with Crippen molar-refractivity contribution in [3.63, 3.8) is 0 Å². The first-order valence-corrected chi connectivity index (χ1v) is 9.12. The standard InChI is InChI=1S/C9H18N6O3P2/c10-8(7-4-2-1-3-5-7)6-9(16)15(19(11,12)17)20(13,14)18/h1-5,8H,6,10H2,(H4,11,12,17)(H4,13,14,18). The number of nitrogens with two attached hydrogens (primary N) is 5. The highest BCUT2D eigenvalue weighted by molar-refractivity contribution is 7.73. The normalized spacial score (nSPS) is 13.8. The van der Waals surface area contributed by atoms with E-state index in [1.54, 1.807) is 30.3 Å². The maximum absolute atomic E-state index is 12.0. The van der Waals surface area contributed by atoms with E-state index in [2.05, 4.69) is 0 Å². The molecule has 9 nitrogen and oxygen atoms in total. The molecule has 1 unspecified atom stereocenters. The molecule has 0 aromatic heterocycles. The topological polar surface area (TPSA) is 185 Å². The second kappa shape index (κ2) is 6.15. The van der Waals surface area contributed by atoms with Crippen LogP contribution >= 0.6 is 15.2 Å². The number of hydrogen-bond acceptors (Lipinski definition) is 4. The summed E-state index contributed by atoms with van der Waals surface area (Å²) in [6, 6.07) is 7.96. The van der Waals surface area contributed by atoms with Gasteiger partial charge in [0.1, 0.15) is 0 Å². The summed E-state index contributed by atoms with van der Waals surface area (Å²) in [5.41, 5.74) is 27.1. The smallest absolute Gasteiger partial charge is 0.310 e. The first kappa shape index (κ1) is 17.0. The van der Waals surface area contributed by atoms with E-state index in [1.807, 2.05) is 0 Å². The van der Waals surface area contributed by atoms with E-state index in [-0.39, 0.29) is 10.9 Å². The zero-order valence-corrected chi connectivity index (χ0v) is 12.4. The van der Waals surface area contributed by atoms with Crippen LogP contribution in [-0.2, 0) is 13.9 Å². The number of benzene rings is 1. The highest BCUT2D eigenvalue weighted by atomic mass is 31.2. The summed E-state index contributed by atoms with van der Waals surface area (Å²) in [5, 5.41) is 0. The second-order valence-electron chi connectivity index (χ2n) is 4.25. The van der Waals surface area contributed by atoms with Crippen molar-refractivity contribution in [3.8, 4) is 0 Å². The highest BCUT2D eigenvalue weighted by Crippen LogP contribution is 2.50. The molecule has 0 spiro atoms. The Morgan fingerprint density at radius 1 is 1.05 bits per heavy atom. The minimum Gasteiger partial charge on any atom is -0.324 e. The molecule has 1 amide bonds. The van der Waals surface area contributed by atoms with Gasteiger partial charge in [-0.3, -0.25) is 35.9 Å². The van der Waals surface area contributed by atoms with E-state index in [0.29, 0.717) is 5.56 Å². The Hall–Kier alpha value is -1.05. The van der Waals surface area contributed by atoms with Gasteiger partial charge in [0.05, 0.1) is 0 Å². The van der Waals surface area contributed by atoms with Gasteiger partial charge in [0.2, 0.25) is 5.91 Å². The number of rotatable bonds is 5. The number of carbonyl (C=O) groups is 1. The molecule has 0 aliphatic carbocycles. The molecule has 1 aromatic carbocycles. The number of nitrogens with zero attached hydrogens (tertiary/aromatic N) is 1. The van der Waals surface area contributed by atoms with Gasteiger partial charge in [-0.05, 0) is 5.56 Å². The van der Waals surface area contributed by atoms with Crippen LogP contribution in [0.15, 0.2) is 30.3 Å². The quantitative estimate of drug-likeness (QED) is 0.467. The average Bonchev–Trinajstić information content (AvgIpc) is 2.25. The van der Waals surface area contributed by atoms with Gasteiger partial charge in [-0.1, -0.05) is 30.3 Å². The third kappa shape index (κ3) is 4.50. The number of carbonyl (C=O) groups excluding carboxylic acids is 1. The SMILES string of the molecule is NC(CC(=O)N(P(N)(N)=O)P(N)(N)=O)c1ccccc1. The first-order chi connectivity index (χ1) is 9.03. The van der Waals surface area contributed by atoms with Gasteiger partial charge in [0.25, 0.3) is 0 Å². The van der Waals surface area contributed by atoms with Gasteiger partial charge < -0.3 is 5.73 Å². The maximum Gasteiger partial charge on any atom is 0.310 e. The molecular weight excluding hydrogens is 302 g/mol. The van der Waals surface area contributed by atoms with Crippen LogP contribution in [0.3, 0.4) is 0 Å². The minimum atomic E-state index is -4.19. The van der Waals surface area contributed by atoms with Crippen molar-refractivity contribution in [2.45, 2.75) is 12.5 Å². The third-order valence-electron chi connectivity index (χ3n) is 2.44. The summed E-state index contributed by atoms with van der Waals surface area (Å²) in [5.74, 6) is -0.928. The third-order valence-corrected chi connectivity index (χ3v) is 5.75. The van der Waals surface area contributed by atoms with Crippen LogP contribution in [-0.4, -0.2) is 10.3 Å². The lowest BCUT2D eigenvalue weighted by molar-refractivity contribution is -0.123. The molecule has 11 heteroatoms. The fourth-order valence-corrected chi connectivity index (χ4v) is 4.26. The van der Waals surface area contributed by atoms with E-state index in [1.165, 1.54) is 0 Å². The second-order valence-corrected chi connectivity index (χ2v) is 8.05. The summed E-state index contributed by atoms with van der Waals surface area (Å²) >= 11 is 0. The van der Waals surface area contributed by atoms with Crippen molar-refractivity contribution >= 4 is 21.1 Å². The zero-order valence-electron chi connectivity index (χ0n) is 10.6. The summed E-state index contributed by atoms with van der Waals surface area (Å²) < 4.78 is 23.4. The predicted octanol–water partition coefficient (Wildman–Crippen LogP) is -0.0439. The molecule has 1 atom stereocenters. The van der Waals surface area contributed by atoms with Crippen molar-refractivity contribution < 1.29 is 13.9 Å². The Kier molecular flexibility index (Phi) is 5.23. The molecular formula is C9H18N6O3P2. The molecule has 10 N–H and O–H groups in total. The monoisotopic (exact) mass is 320 g/mol. The Labute approximate surface area is 116 Å². The molecule has 0 heterocycles. The lowest BCUT2D eigenvalue weighted by atomic mass is 10.1. The van der Waals surface area contributed by atoms with E-state index >= 15 is 0 Å². The molecule has 0 saturated carbocycles. The summed E-state index contributed by atoms with van der Waals surface area (Å²) in [7, 11) is -8.37. The minimum absolute atomic E-state index is 0.156. The van der Waals surface area contributed by atoms with Crippen LogP contribution in [0, 0.1) is 0 Å². The Morgan fingerprint density at radius 3 is 1.90 bits per heavy atom. The van der Waals surface area contributed by atoms with Crippen molar-refractivity contribution in [2.24, 2.45) is 27.8 Å². The molecule has 0 saturated heterocycles. The van der Waals surface area contributed by atoms with E-state index in [4.69, 9.17) is 27.8 Å². The van der Waals surface area contributed by atoms with Gasteiger partial charge in [-0.25, -0.2) is 0 Å². The van der Waals surface area contributed by atoms with Crippen molar-refractivity contribution in [1.82, 2.24) is 4.44 Å². The first-order valence-electron chi connectivity index (χ1n) is 5.52. The van der Waals surface area contributed by atoms with Crippen molar-refractivity contribution in [3.05, 3.63) is 35.9 Å². The summed E-state index contributed by atoms with van der Waals surface area (Å²) in [6.45, 7) is 0. The molecule has 1 rings (SSSR count). The van der Waals surface area contributed by atoms with Crippen LogP contribution < -0.4 is 27.8 Å². The van der Waals surface area contributed by atoms with Crippen LogP contribution in [0.25, 0.3) is 0 Å². The molecule has 0 fully saturated rings. The van der Waals surface area contributed by atoms with Gasteiger partial charge in [-0.2, -0.15) is 4.44 Å². The van der Waals surface area contributed by atoms with Crippen molar-refractivity contribution in [2.75, 3.05) is 0 Å². The fourth-order valence-electron chi connectivity index (χ4n) is 1.66.